The Balaban J connectivity index is 1.81. The molecule has 27 heavy (non-hydrogen) atoms. The Morgan fingerprint density at radius 1 is 1.07 bits per heavy atom. The van der Waals surface area contributed by atoms with Crippen molar-refractivity contribution in [3.05, 3.63) is 54.0 Å². The van der Waals surface area contributed by atoms with E-state index in [4.69, 9.17) is 0 Å². The van der Waals surface area contributed by atoms with E-state index in [-0.39, 0.29) is 17.5 Å². The van der Waals surface area contributed by atoms with Crippen LogP contribution in [0.15, 0.2) is 47.5 Å². The van der Waals surface area contributed by atoms with Gasteiger partial charge in [0.15, 0.2) is 5.65 Å². The summed E-state index contributed by atoms with van der Waals surface area (Å²) >= 11 is 0. The average molecular weight is 387 g/mol. The molecule has 0 saturated heterocycles. The molecule has 6 nitrogen and oxygen atoms in total. The van der Waals surface area contributed by atoms with Crippen molar-refractivity contribution in [2.45, 2.75) is 51.6 Å². The molecule has 2 aromatic heterocycles. The lowest BCUT2D eigenvalue weighted by Crippen LogP contribution is -2.25. The minimum Gasteiger partial charge on any atom is -0.309 e. The van der Waals surface area contributed by atoms with Crippen molar-refractivity contribution in [1.29, 1.82) is 0 Å². The Hall–Kier alpha value is -2.25. The van der Waals surface area contributed by atoms with Crippen LogP contribution in [0.4, 0.5) is 0 Å². The lowest BCUT2D eigenvalue weighted by Gasteiger charge is -2.13. The molecule has 0 amide bonds. The van der Waals surface area contributed by atoms with Gasteiger partial charge in [-0.05, 0) is 56.0 Å². The second kappa shape index (κ2) is 7.78. The van der Waals surface area contributed by atoms with Crippen molar-refractivity contribution >= 4 is 21.2 Å². The highest BCUT2D eigenvalue weighted by atomic mass is 32.2. The third-order valence-electron chi connectivity index (χ3n) is 4.34. The van der Waals surface area contributed by atoms with Crippen LogP contribution in [0, 0.1) is 5.92 Å². The van der Waals surface area contributed by atoms with Gasteiger partial charge in [-0.2, -0.15) is 0 Å². The Morgan fingerprint density at radius 3 is 2.41 bits per heavy atom. The summed E-state index contributed by atoms with van der Waals surface area (Å²) < 4.78 is 30.0. The Kier molecular flexibility index (Phi) is 5.62. The number of fused-ring (bicyclic) bond motifs is 1. The lowest BCUT2D eigenvalue weighted by atomic mass is 10.0. The summed E-state index contributed by atoms with van der Waals surface area (Å²) in [6.07, 6.45) is 2.65. The molecule has 0 radical (unpaired) electrons. The highest BCUT2D eigenvalue weighted by molar-refractivity contribution is 7.89. The monoisotopic (exact) mass is 386 g/mol. The molecule has 144 valence electrons. The molecule has 0 bridgehead atoms. The first-order chi connectivity index (χ1) is 12.8. The van der Waals surface area contributed by atoms with Gasteiger partial charge in [-0.1, -0.05) is 26.0 Å². The van der Waals surface area contributed by atoms with Crippen molar-refractivity contribution < 1.29 is 8.42 Å². The first-order valence-electron chi connectivity index (χ1n) is 9.18. The number of nitrogens with zero attached hydrogens (tertiary/aromatic N) is 3. The van der Waals surface area contributed by atoms with E-state index in [0.29, 0.717) is 11.7 Å². The SMILES string of the molecule is CC(C)Cc1ccc(S(=O)(=O)NCc2nc3cccnc3n2C(C)C)cc1. The largest absolute Gasteiger partial charge is 0.309 e. The molecule has 0 unspecified atom stereocenters. The maximum atomic E-state index is 12.7. The fraction of sp³-hybridized carbons (Fsp3) is 0.400. The second-order valence-electron chi connectivity index (χ2n) is 7.40. The number of aromatic nitrogens is 3. The molecule has 0 aliphatic carbocycles. The van der Waals surface area contributed by atoms with Crippen molar-refractivity contribution in [1.82, 2.24) is 19.3 Å². The summed E-state index contributed by atoms with van der Waals surface area (Å²) in [4.78, 5) is 9.20. The van der Waals surface area contributed by atoms with Crippen LogP contribution in [0.1, 0.15) is 45.1 Å². The molecule has 1 aromatic carbocycles. The number of hydrogen-bond acceptors (Lipinski definition) is 4. The molecule has 0 atom stereocenters. The van der Waals surface area contributed by atoms with Gasteiger partial charge in [0.25, 0.3) is 0 Å². The summed E-state index contributed by atoms with van der Waals surface area (Å²) in [5.74, 6) is 1.18. The van der Waals surface area contributed by atoms with Crippen molar-refractivity contribution in [2.24, 2.45) is 5.92 Å². The zero-order valence-electron chi connectivity index (χ0n) is 16.2. The van der Waals surface area contributed by atoms with Crippen LogP contribution in [-0.2, 0) is 23.0 Å². The number of benzene rings is 1. The number of hydrogen-bond donors (Lipinski definition) is 1. The maximum Gasteiger partial charge on any atom is 0.240 e. The van der Waals surface area contributed by atoms with Gasteiger partial charge in [0.05, 0.1) is 11.4 Å². The van der Waals surface area contributed by atoms with E-state index in [1.54, 1.807) is 18.3 Å². The minimum absolute atomic E-state index is 0.116. The first kappa shape index (κ1) is 19.5. The van der Waals surface area contributed by atoms with E-state index in [1.165, 1.54) is 0 Å². The Labute approximate surface area is 160 Å². The quantitative estimate of drug-likeness (QED) is 0.672. The van der Waals surface area contributed by atoms with Crippen molar-refractivity contribution in [2.75, 3.05) is 0 Å². The maximum absolute atomic E-state index is 12.7. The van der Waals surface area contributed by atoms with Crippen LogP contribution in [-0.4, -0.2) is 23.0 Å². The van der Waals surface area contributed by atoms with Gasteiger partial charge in [-0.25, -0.2) is 23.1 Å². The van der Waals surface area contributed by atoms with Gasteiger partial charge in [0.1, 0.15) is 11.3 Å². The van der Waals surface area contributed by atoms with E-state index < -0.39 is 10.0 Å². The zero-order valence-corrected chi connectivity index (χ0v) is 17.0. The minimum atomic E-state index is -3.61. The lowest BCUT2D eigenvalue weighted by molar-refractivity contribution is 0.556. The van der Waals surface area contributed by atoms with E-state index in [1.807, 2.05) is 42.7 Å². The summed E-state index contributed by atoms with van der Waals surface area (Å²) in [6.45, 7) is 8.46. The fourth-order valence-corrected chi connectivity index (χ4v) is 4.14. The van der Waals surface area contributed by atoms with Crippen LogP contribution in [0.5, 0.6) is 0 Å². The molecule has 0 spiro atoms. The zero-order chi connectivity index (χ0) is 19.6. The predicted octanol–water partition coefficient (Wildman–Crippen LogP) is 3.69. The van der Waals surface area contributed by atoms with E-state index in [2.05, 4.69) is 28.5 Å². The van der Waals surface area contributed by atoms with Crippen LogP contribution >= 0.6 is 0 Å². The number of nitrogens with one attached hydrogen (secondary N) is 1. The predicted molar refractivity (Wildman–Crippen MR) is 107 cm³/mol. The molecule has 2 heterocycles. The number of rotatable bonds is 7. The van der Waals surface area contributed by atoms with E-state index in [0.717, 1.165) is 23.1 Å². The number of sulfonamides is 1. The van der Waals surface area contributed by atoms with Crippen molar-refractivity contribution in [3.63, 3.8) is 0 Å². The summed E-state index contributed by atoms with van der Waals surface area (Å²) in [6, 6.07) is 10.9. The van der Waals surface area contributed by atoms with Crippen molar-refractivity contribution in [3.8, 4) is 0 Å². The number of imidazole rings is 1. The molecule has 3 aromatic rings. The van der Waals surface area contributed by atoms with Crippen LogP contribution in [0.2, 0.25) is 0 Å². The third kappa shape index (κ3) is 4.36. The van der Waals surface area contributed by atoms with Gasteiger partial charge in [0.2, 0.25) is 10.0 Å². The van der Waals surface area contributed by atoms with Crippen LogP contribution in [0.25, 0.3) is 11.2 Å². The highest BCUT2D eigenvalue weighted by Gasteiger charge is 2.18. The summed E-state index contributed by atoms with van der Waals surface area (Å²) in [7, 11) is -3.61. The van der Waals surface area contributed by atoms with Gasteiger partial charge in [-0.15, -0.1) is 0 Å². The topological polar surface area (TPSA) is 76.9 Å². The molecular weight excluding hydrogens is 360 g/mol. The molecular formula is C20H26N4O2S. The van der Waals surface area contributed by atoms with Gasteiger partial charge >= 0.3 is 0 Å². The molecule has 7 heteroatoms. The molecule has 3 rings (SSSR count). The molecule has 1 N–H and O–H groups in total. The summed E-state index contributed by atoms with van der Waals surface area (Å²) in [5.41, 5.74) is 2.66. The summed E-state index contributed by atoms with van der Waals surface area (Å²) in [5, 5.41) is 0. The fourth-order valence-electron chi connectivity index (χ4n) is 3.16. The molecule has 0 fully saturated rings. The normalized spacial score (nSPS) is 12.4. The Bertz CT molecular complexity index is 1020. The molecule has 0 aliphatic rings. The standard InChI is InChI=1S/C20H26N4O2S/c1-14(2)12-16-7-9-17(10-8-16)27(25,26)22-13-19-23-18-6-5-11-21-20(18)24(19)15(3)4/h5-11,14-15,22H,12-13H2,1-4H3. The average Bonchev–Trinajstić information content (AvgIpc) is 2.98. The van der Waals surface area contributed by atoms with E-state index in [9.17, 15) is 8.42 Å². The van der Waals surface area contributed by atoms with E-state index >= 15 is 0 Å². The third-order valence-corrected chi connectivity index (χ3v) is 5.75. The first-order valence-corrected chi connectivity index (χ1v) is 10.7. The molecule has 0 aliphatic heterocycles. The van der Waals surface area contributed by atoms with Gasteiger partial charge in [-0.3, -0.25) is 0 Å². The Morgan fingerprint density at radius 2 is 1.78 bits per heavy atom. The second-order valence-corrected chi connectivity index (χ2v) is 9.17. The number of pyridine rings is 1. The highest BCUT2D eigenvalue weighted by Crippen LogP contribution is 2.20. The van der Waals surface area contributed by atoms with Crippen LogP contribution < -0.4 is 4.72 Å². The van der Waals surface area contributed by atoms with Gasteiger partial charge < -0.3 is 4.57 Å². The van der Waals surface area contributed by atoms with Crippen LogP contribution in [0.3, 0.4) is 0 Å². The molecule has 0 saturated carbocycles. The smallest absolute Gasteiger partial charge is 0.240 e. The van der Waals surface area contributed by atoms with Gasteiger partial charge in [0, 0.05) is 12.2 Å².